The van der Waals surface area contributed by atoms with Gasteiger partial charge in [0, 0.05) is 30.6 Å². The molecule has 1 aromatic rings. The molecule has 4 nitrogen and oxygen atoms in total. The maximum absolute atomic E-state index is 12.0. The Hall–Kier alpha value is -0.940. The first-order valence-corrected chi connectivity index (χ1v) is 10.2. The summed E-state index contributed by atoms with van der Waals surface area (Å²) < 4.78 is 6.34. The van der Waals surface area contributed by atoms with E-state index in [0.717, 1.165) is 30.3 Å². The van der Waals surface area contributed by atoms with Gasteiger partial charge in [0.1, 0.15) is 10.2 Å². The second-order valence-electron chi connectivity index (χ2n) is 8.54. The van der Waals surface area contributed by atoms with Crippen LogP contribution in [0.3, 0.4) is 0 Å². The average molecular weight is 409 g/mol. The van der Waals surface area contributed by atoms with E-state index in [4.69, 9.17) is 4.74 Å². The Morgan fingerprint density at radius 2 is 2.00 bits per heavy atom. The molecule has 2 aliphatic carbocycles. The molecular formula is C20H29BrN2O2. The minimum absolute atomic E-state index is 0.0473. The van der Waals surface area contributed by atoms with E-state index >= 15 is 0 Å². The van der Waals surface area contributed by atoms with Crippen molar-refractivity contribution < 1.29 is 9.53 Å². The molecule has 0 unspecified atom stereocenters. The minimum Gasteiger partial charge on any atom is -0.460 e. The van der Waals surface area contributed by atoms with Crippen molar-refractivity contribution in [2.45, 2.75) is 82.9 Å². The summed E-state index contributed by atoms with van der Waals surface area (Å²) >= 11 is 3.39. The van der Waals surface area contributed by atoms with Crippen LogP contribution in [0.1, 0.15) is 70.8 Å². The van der Waals surface area contributed by atoms with Crippen LogP contribution in [0.25, 0.3) is 0 Å². The zero-order valence-corrected chi connectivity index (χ0v) is 17.0. The molecule has 2 fully saturated rings. The van der Waals surface area contributed by atoms with Crippen LogP contribution < -0.4 is 5.32 Å². The van der Waals surface area contributed by atoms with E-state index < -0.39 is 0 Å². The lowest BCUT2D eigenvalue weighted by Gasteiger charge is -2.30. The lowest BCUT2D eigenvalue weighted by molar-refractivity contribution is -0.156. The summed E-state index contributed by atoms with van der Waals surface area (Å²) in [5, 5.41) is 3.81. The molecule has 25 heavy (non-hydrogen) atoms. The topological polar surface area (TPSA) is 51.2 Å². The van der Waals surface area contributed by atoms with Crippen LogP contribution in [0, 0.1) is 5.92 Å². The maximum Gasteiger partial charge on any atom is 0.306 e. The molecule has 0 spiro atoms. The summed E-state index contributed by atoms with van der Waals surface area (Å²) in [5.41, 5.74) is 0.956. The van der Waals surface area contributed by atoms with E-state index in [-0.39, 0.29) is 11.6 Å². The van der Waals surface area contributed by atoms with E-state index in [9.17, 15) is 4.79 Å². The average Bonchev–Trinajstić information content (AvgIpc) is 3.27. The van der Waals surface area contributed by atoms with Gasteiger partial charge in [-0.2, -0.15) is 0 Å². The number of halogens is 1. The van der Waals surface area contributed by atoms with Gasteiger partial charge in [-0.1, -0.05) is 6.07 Å². The first-order chi connectivity index (χ1) is 11.8. The van der Waals surface area contributed by atoms with Crippen molar-refractivity contribution in [3.05, 3.63) is 28.5 Å². The molecule has 2 atom stereocenters. The summed E-state index contributed by atoms with van der Waals surface area (Å²) in [5.74, 6) is 1.05. The van der Waals surface area contributed by atoms with E-state index in [1.165, 1.54) is 12.0 Å². The van der Waals surface area contributed by atoms with E-state index in [2.05, 4.69) is 32.3 Å². The molecule has 1 N–H and O–H groups in total. The maximum atomic E-state index is 12.0. The number of carbonyl (C=O) groups excluding carboxylic acids is 1. The van der Waals surface area contributed by atoms with Gasteiger partial charge >= 0.3 is 5.97 Å². The summed E-state index contributed by atoms with van der Waals surface area (Å²) in [6.07, 6.45) is 8.32. The highest BCUT2D eigenvalue weighted by molar-refractivity contribution is 9.10. The standard InChI is InChI=1S/C20H29BrN2O2/c1-20(2,3)25-19(24)10-13-4-7-15(8-5-13)23-17-11-16(17)14-6-9-18(21)22-12-14/h6,9,12-13,15-17,23H,4-5,7-8,10-11H2,1-3H3/t13?,15?,16-,17+/m1/s1. The van der Waals surface area contributed by atoms with Gasteiger partial charge in [-0.25, -0.2) is 4.98 Å². The van der Waals surface area contributed by atoms with Gasteiger partial charge in [-0.15, -0.1) is 0 Å². The first-order valence-electron chi connectivity index (χ1n) is 9.39. The second-order valence-corrected chi connectivity index (χ2v) is 9.35. The Morgan fingerprint density at radius 1 is 1.28 bits per heavy atom. The Labute approximate surface area is 159 Å². The fraction of sp³-hybridized carbons (Fsp3) is 0.700. The first kappa shape index (κ1) is 18.8. The lowest BCUT2D eigenvalue weighted by atomic mass is 9.84. The number of hydrogen-bond donors (Lipinski definition) is 1. The molecule has 1 aromatic heterocycles. The number of nitrogens with zero attached hydrogens (tertiary/aromatic N) is 1. The van der Waals surface area contributed by atoms with Crippen LogP contribution >= 0.6 is 15.9 Å². The van der Waals surface area contributed by atoms with Crippen molar-refractivity contribution in [3.8, 4) is 0 Å². The summed E-state index contributed by atoms with van der Waals surface area (Å²) in [6, 6.07) is 5.37. The summed E-state index contributed by atoms with van der Waals surface area (Å²) in [4.78, 5) is 16.3. The number of esters is 1. The Kier molecular flexibility index (Phi) is 5.84. The van der Waals surface area contributed by atoms with Crippen LogP contribution in [-0.4, -0.2) is 28.6 Å². The van der Waals surface area contributed by atoms with Crippen LogP contribution in [0.4, 0.5) is 0 Å². The van der Waals surface area contributed by atoms with E-state index in [1.807, 2.05) is 33.0 Å². The molecule has 0 saturated heterocycles. The highest BCUT2D eigenvalue weighted by Gasteiger charge is 2.40. The van der Waals surface area contributed by atoms with E-state index in [1.54, 1.807) is 0 Å². The van der Waals surface area contributed by atoms with Crippen molar-refractivity contribution in [2.75, 3.05) is 0 Å². The zero-order valence-electron chi connectivity index (χ0n) is 15.4. The molecule has 5 heteroatoms. The quantitative estimate of drug-likeness (QED) is 0.571. The molecule has 0 amide bonds. The largest absolute Gasteiger partial charge is 0.460 e. The van der Waals surface area contributed by atoms with Crippen LogP contribution in [0.2, 0.25) is 0 Å². The van der Waals surface area contributed by atoms with E-state index in [0.29, 0.717) is 30.3 Å². The van der Waals surface area contributed by atoms with Gasteiger partial charge in [-0.3, -0.25) is 4.79 Å². The third-order valence-electron chi connectivity index (χ3n) is 5.14. The number of ether oxygens (including phenoxy) is 1. The third-order valence-corrected chi connectivity index (χ3v) is 5.61. The number of carbonyl (C=O) groups is 1. The predicted octanol–water partition coefficient (Wildman–Crippen LogP) is 4.58. The third kappa shape index (κ3) is 5.78. The van der Waals surface area contributed by atoms with Crippen molar-refractivity contribution in [2.24, 2.45) is 5.92 Å². The Bertz CT molecular complexity index is 589. The molecule has 138 valence electrons. The van der Waals surface area contributed by atoms with Crippen molar-refractivity contribution >= 4 is 21.9 Å². The number of nitrogens with one attached hydrogen (secondary N) is 1. The summed E-state index contributed by atoms with van der Waals surface area (Å²) in [6.45, 7) is 5.79. The molecule has 2 aliphatic rings. The van der Waals surface area contributed by atoms with Crippen molar-refractivity contribution in [1.82, 2.24) is 10.3 Å². The number of hydrogen-bond acceptors (Lipinski definition) is 4. The van der Waals surface area contributed by atoms with Gasteiger partial charge in [0.15, 0.2) is 0 Å². The number of pyridine rings is 1. The van der Waals surface area contributed by atoms with Gasteiger partial charge in [0.2, 0.25) is 0 Å². The molecule has 0 aliphatic heterocycles. The molecule has 2 saturated carbocycles. The fourth-order valence-electron chi connectivity index (χ4n) is 3.81. The van der Waals surface area contributed by atoms with Gasteiger partial charge < -0.3 is 10.1 Å². The smallest absolute Gasteiger partial charge is 0.306 e. The Morgan fingerprint density at radius 3 is 2.60 bits per heavy atom. The number of rotatable bonds is 5. The van der Waals surface area contributed by atoms with Crippen LogP contribution in [-0.2, 0) is 9.53 Å². The molecule has 0 aromatic carbocycles. The highest BCUT2D eigenvalue weighted by Crippen LogP contribution is 2.42. The zero-order chi connectivity index (χ0) is 18.0. The SMILES string of the molecule is CC(C)(C)OC(=O)CC1CCC(N[C@H]2C[C@@H]2c2ccc(Br)nc2)CC1. The van der Waals surface area contributed by atoms with Crippen LogP contribution in [0.5, 0.6) is 0 Å². The van der Waals surface area contributed by atoms with Crippen molar-refractivity contribution in [3.63, 3.8) is 0 Å². The van der Waals surface area contributed by atoms with Gasteiger partial charge in [0.05, 0.1) is 0 Å². The molecule has 3 rings (SSSR count). The normalized spacial score (nSPS) is 29.3. The lowest BCUT2D eigenvalue weighted by Crippen LogP contribution is -2.36. The molecule has 0 bridgehead atoms. The number of aromatic nitrogens is 1. The fourth-order valence-corrected chi connectivity index (χ4v) is 4.04. The monoisotopic (exact) mass is 408 g/mol. The van der Waals surface area contributed by atoms with Gasteiger partial charge in [-0.05, 0) is 86.4 Å². The molecular weight excluding hydrogens is 380 g/mol. The molecule has 1 heterocycles. The predicted molar refractivity (Wildman–Crippen MR) is 102 cm³/mol. The van der Waals surface area contributed by atoms with Crippen LogP contribution in [0.15, 0.2) is 22.9 Å². The summed E-state index contributed by atoms with van der Waals surface area (Å²) in [7, 11) is 0. The Balaban J connectivity index is 1.37. The highest BCUT2D eigenvalue weighted by atomic mass is 79.9. The molecule has 0 radical (unpaired) electrons. The minimum atomic E-state index is -0.376. The second kappa shape index (κ2) is 7.75. The van der Waals surface area contributed by atoms with Crippen molar-refractivity contribution in [1.29, 1.82) is 0 Å². The van der Waals surface area contributed by atoms with Gasteiger partial charge in [0.25, 0.3) is 0 Å².